The monoisotopic (exact) mass is 418 g/mol. The Morgan fingerprint density at radius 3 is 2.17 bits per heavy atom. The lowest BCUT2D eigenvalue weighted by Crippen LogP contribution is -2.54. The topological polar surface area (TPSA) is 92.8 Å². The second kappa shape index (κ2) is 11.5. The number of ether oxygens (including phenoxy) is 1. The molecule has 0 saturated heterocycles. The molecule has 1 aromatic carbocycles. The molecule has 0 fully saturated rings. The molecular weight excluding hydrogens is 384 g/mol. The average molecular weight is 419 g/mol. The number of ketones is 1. The number of nitrogens with one attached hydrogen (secondary N) is 1. The molecule has 1 N–H and O–H groups in total. The van der Waals surface area contributed by atoms with Gasteiger partial charge in [0.25, 0.3) is 5.91 Å². The average Bonchev–Trinajstić information content (AvgIpc) is 2.64. The van der Waals surface area contributed by atoms with Gasteiger partial charge in [-0.15, -0.1) is 0 Å². The van der Waals surface area contributed by atoms with Crippen molar-refractivity contribution in [2.45, 2.75) is 66.0 Å². The lowest BCUT2D eigenvalue weighted by atomic mass is 10.00. The third-order valence-corrected chi connectivity index (χ3v) is 4.33. The lowest BCUT2D eigenvalue weighted by molar-refractivity contribution is -0.155. The first-order valence-corrected chi connectivity index (χ1v) is 10.3. The minimum absolute atomic E-state index is 0.247. The molecular formula is C23H34N2O5. The van der Waals surface area contributed by atoms with Gasteiger partial charge in [-0.1, -0.05) is 44.2 Å². The van der Waals surface area contributed by atoms with Crippen LogP contribution in [0.1, 0.15) is 53.5 Å². The first kappa shape index (κ1) is 25.3. The number of amides is 2. The number of esters is 1. The molecule has 1 aromatic rings. The van der Waals surface area contributed by atoms with Crippen LogP contribution in [0.3, 0.4) is 0 Å². The van der Waals surface area contributed by atoms with E-state index in [2.05, 4.69) is 5.32 Å². The minimum Gasteiger partial charge on any atom is -0.459 e. The molecule has 2 amide bonds. The molecule has 0 radical (unpaired) electrons. The van der Waals surface area contributed by atoms with Crippen molar-refractivity contribution in [3.63, 3.8) is 0 Å². The van der Waals surface area contributed by atoms with Crippen LogP contribution < -0.4 is 5.32 Å². The van der Waals surface area contributed by atoms with Gasteiger partial charge in [-0.3, -0.25) is 19.2 Å². The quantitative estimate of drug-likeness (QED) is 0.466. The molecule has 1 rings (SSSR count). The first-order valence-electron chi connectivity index (χ1n) is 10.3. The fourth-order valence-electron chi connectivity index (χ4n) is 3.11. The van der Waals surface area contributed by atoms with Crippen molar-refractivity contribution in [1.29, 1.82) is 0 Å². The van der Waals surface area contributed by atoms with E-state index in [1.54, 1.807) is 34.6 Å². The van der Waals surface area contributed by atoms with Crippen molar-refractivity contribution in [2.75, 3.05) is 13.1 Å². The van der Waals surface area contributed by atoms with E-state index in [9.17, 15) is 19.2 Å². The van der Waals surface area contributed by atoms with Gasteiger partial charge in [0.05, 0.1) is 0 Å². The maximum atomic E-state index is 12.8. The summed E-state index contributed by atoms with van der Waals surface area (Å²) in [4.78, 5) is 50.4. The first-order chi connectivity index (χ1) is 13.9. The van der Waals surface area contributed by atoms with Gasteiger partial charge < -0.3 is 15.0 Å². The van der Waals surface area contributed by atoms with E-state index in [-0.39, 0.29) is 19.0 Å². The Morgan fingerprint density at radius 1 is 1.07 bits per heavy atom. The van der Waals surface area contributed by atoms with Gasteiger partial charge in [0, 0.05) is 13.5 Å². The van der Waals surface area contributed by atoms with Gasteiger partial charge in [-0.2, -0.15) is 0 Å². The molecule has 0 saturated carbocycles. The normalized spacial score (nSPS) is 12.2. The Bertz CT molecular complexity index is 738. The summed E-state index contributed by atoms with van der Waals surface area (Å²) in [5.41, 5.74) is 0.455. The van der Waals surface area contributed by atoms with Crippen LogP contribution >= 0.6 is 0 Å². The van der Waals surface area contributed by atoms with Gasteiger partial charge in [0.1, 0.15) is 18.2 Å². The molecule has 7 heteroatoms. The van der Waals surface area contributed by atoms with Gasteiger partial charge in [0.2, 0.25) is 11.7 Å². The van der Waals surface area contributed by atoms with Crippen LogP contribution in [0.25, 0.3) is 0 Å². The Labute approximate surface area is 179 Å². The van der Waals surface area contributed by atoms with Crippen molar-refractivity contribution in [3.05, 3.63) is 35.9 Å². The van der Waals surface area contributed by atoms with Crippen LogP contribution in [-0.4, -0.2) is 53.2 Å². The number of Topliss-reactive ketones (excluding diaryl/α,β-unsaturated/α-hetero) is 1. The smallest absolute Gasteiger partial charge is 0.325 e. The molecule has 0 bridgehead atoms. The molecule has 0 aliphatic heterocycles. The number of hydrogen-bond donors (Lipinski definition) is 1. The van der Waals surface area contributed by atoms with Crippen LogP contribution in [-0.2, 0) is 30.3 Å². The van der Waals surface area contributed by atoms with Crippen LogP contribution in [0.4, 0.5) is 0 Å². The highest BCUT2D eigenvalue weighted by Crippen LogP contribution is 2.15. The van der Waals surface area contributed by atoms with Crippen LogP contribution in [0.2, 0.25) is 0 Å². The van der Waals surface area contributed by atoms with Crippen molar-refractivity contribution in [3.8, 4) is 0 Å². The maximum Gasteiger partial charge on any atom is 0.325 e. The number of nitrogens with zero attached hydrogens (tertiary/aromatic N) is 1. The van der Waals surface area contributed by atoms with E-state index in [0.29, 0.717) is 12.8 Å². The third-order valence-electron chi connectivity index (χ3n) is 4.33. The molecule has 0 spiro atoms. The van der Waals surface area contributed by atoms with Gasteiger partial charge >= 0.3 is 5.97 Å². The summed E-state index contributed by atoms with van der Waals surface area (Å²) in [5, 5.41) is 2.55. The highest BCUT2D eigenvalue weighted by Gasteiger charge is 2.34. The number of carbonyl (C=O) groups is 4. The number of benzene rings is 1. The molecule has 0 aliphatic carbocycles. The predicted octanol–water partition coefficient (Wildman–Crippen LogP) is 2.52. The predicted molar refractivity (Wildman–Crippen MR) is 115 cm³/mol. The molecule has 1 atom stereocenters. The molecule has 30 heavy (non-hydrogen) atoms. The number of rotatable bonds is 10. The van der Waals surface area contributed by atoms with Gasteiger partial charge in [0.15, 0.2) is 0 Å². The third kappa shape index (κ3) is 8.76. The minimum atomic E-state index is -0.861. The molecule has 0 heterocycles. The molecule has 166 valence electrons. The zero-order chi connectivity index (χ0) is 22.9. The SMILES string of the molecule is CC(=O)C(=O)N(CCCc1ccccc1)C(C(=O)NCC(=O)OC(C)(C)C)C(C)C. The summed E-state index contributed by atoms with van der Waals surface area (Å²) in [6.07, 6.45) is 1.32. The summed E-state index contributed by atoms with van der Waals surface area (Å²) in [7, 11) is 0. The largest absolute Gasteiger partial charge is 0.459 e. The van der Waals surface area contributed by atoms with Crippen LogP contribution in [0.5, 0.6) is 0 Å². The van der Waals surface area contributed by atoms with E-state index in [1.807, 2.05) is 30.3 Å². The number of aryl methyl sites for hydroxylation is 1. The van der Waals surface area contributed by atoms with E-state index < -0.39 is 35.2 Å². The molecule has 0 aromatic heterocycles. The summed E-state index contributed by atoms with van der Waals surface area (Å²) in [6, 6.07) is 8.93. The van der Waals surface area contributed by atoms with Gasteiger partial charge in [-0.05, 0) is 45.1 Å². The maximum absolute atomic E-state index is 12.8. The van der Waals surface area contributed by atoms with E-state index >= 15 is 0 Å². The summed E-state index contributed by atoms with van der Waals surface area (Å²) < 4.78 is 5.20. The standard InChI is InChI=1S/C23H34N2O5/c1-16(2)20(21(28)24-15-19(27)30-23(4,5)6)25(22(29)17(3)26)14-10-13-18-11-8-7-9-12-18/h7-9,11-12,16,20H,10,13-15H2,1-6H3,(H,24,28). The highest BCUT2D eigenvalue weighted by atomic mass is 16.6. The zero-order valence-corrected chi connectivity index (χ0v) is 18.9. The van der Waals surface area contributed by atoms with Crippen LogP contribution in [0, 0.1) is 5.92 Å². The molecule has 7 nitrogen and oxygen atoms in total. The van der Waals surface area contributed by atoms with E-state index in [4.69, 9.17) is 4.74 Å². The van der Waals surface area contributed by atoms with Crippen molar-refractivity contribution in [2.24, 2.45) is 5.92 Å². The van der Waals surface area contributed by atoms with E-state index in [1.165, 1.54) is 11.8 Å². The highest BCUT2D eigenvalue weighted by molar-refractivity contribution is 6.35. The Kier molecular flexibility index (Phi) is 9.69. The fourth-order valence-corrected chi connectivity index (χ4v) is 3.11. The Balaban J connectivity index is 2.87. The molecule has 0 aliphatic rings. The van der Waals surface area contributed by atoms with Crippen LogP contribution in [0.15, 0.2) is 30.3 Å². The summed E-state index contributed by atoms with van der Waals surface area (Å²) in [5.74, 6) is -2.62. The van der Waals surface area contributed by atoms with Crippen molar-refractivity contribution < 1.29 is 23.9 Å². The summed E-state index contributed by atoms with van der Waals surface area (Å²) in [6.45, 7) is 9.98. The Hall–Kier alpha value is -2.70. The number of carbonyl (C=O) groups excluding carboxylic acids is 4. The van der Waals surface area contributed by atoms with E-state index in [0.717, 1.165) is 5.56 Å². The Morgan fingerprint density at radius 2 is 1.67 bits per heavy atom. The van der Waals surface area contributed by atoms with Gasteiger partial charge in [-0.25, -0.2) is 0 Å². The molecule has 1 unspecified atom stereocenters. The van der Waals surface area contributed by atoms with Crippen molar-refractivity contribution >= 4 is 23.6 Å². The second-order valence-corrected chi connectivity index (χ2v) is 8.64. The lowest BCUT2D eigenvalue weighted by Gasteiger charge is -2.33. The second-order valence-electron chi connectivity index (χ2n) is 8.64. The fraction of sp³-hybridized carbons (Fsp3) is 0.565. The van der Waals surface area contributed by atoms with Crippen molar-refractivity contribution in [1.82, 2.24) is 10.2 Å². The zero-order valence-electron chi connectivity index (χ0n) is 18.9. The summed E-state index contributed by atoms with van der Waals surface area (Å²) >= 11 is 0. The number of hydrogen-bond acceptors (Lipinski definition) is 5.